The zero-order valence-electron chi connectivity index (χ0n) is 11.7. The summed E-state index contributed by atoms with van der Waals surface area (Å²) in [4.78, 5) is 16.6. The smallest absolute Gasteiger partial charge is 0.175 e. The van der Waals surface area contributed by atoms with Crippen LogP contribution in [-0.4, -0.2) is 20.9 Å². The zero-order valence-corrected chi connectivity index (χ0v) is 14.8. The standard InChI is InChI=1S/C16H10Cl2N2OS2/c17-11-7-5-10(6-8-11)14(21)9-22-16-19-15(20-23-16)12-3-1-2-4-13(12)18/h1-8H,9H2. The van der Waals surface area contributed by atoms with Gasteiger partial charge in [0.2, 0.25) is 0 Å². The van der Waals surface area contributed by atoms with E-state index in [0.717, 1.165) is 9.90 Å². The SMILES string of the molecule is O=C(CSc1nc(-c2ccccc2Cl)ns1)c1ccc(Cl)cc1. The summed E-state index contributed by atoms with van der Waals surface area (Å²) in [7, 11) is 0. The molecule has 0 saturated carbocycles. The second kappa shape index (κ2) is 7.45. The van der Waals surface area contributed by atoms with Crippen molar-refractivity contribution in [2.75, 3.05) is 5.75 Å². The van der Waals surface area contributed by atoms with Crippen molar-refractivity contribution in [2.45, 2.75) is 4.34 Å². The van der Waals surface area contributed by atoms with Crippen molar-refractivity contribution < 1.29 is 4.79 Å². The van der Waals surface area contributed by atoms with Crippen molar-refractivity contribution in [1.29, 1.82) is 0 Å². The van der Waals surface area contributed by atoms with Crippen LogP contribution in [0.1, 0.15) is 10.4 Å². The number of Topliss-reactive ketones (excluding diaryl/α,β-unsaturated/α-hetero) is 1. The summed E-state index contributed by atoms with van der Waals surface area (Å²) < 4.78 is 5.04. The highest BCUT2D eigenvalue weighted by Crippen LogP contribution is 2.29. The van der Waals surface area contributed by atoms with Gasteiger partial charge in [-0.05, 0) is 47.9 Å². The molecule has 0 amide bonds. The van der Waals surface area contributed by atoms with E-state index in [0.29, 0.717) is 27.2 Å². The van der Waals surface area contributed by atoms with Gasteiger partial charge in [0.15, 0.2) is 15.9 Å². The van der Waals surface area contributed by atoms with Crippen LogP contribution < -0.4 is 0 Å². The molecule has 0 radical (unpaired) electrons. The van der Waals surface area contributed by atoms with Gasteiger partial charge in [0.1, 0.15) is 0 Å². The predicted molar refractivity (Wildman–Crippen MR) is 96.9 cm³/mol. The molecular weight excluding hydrogens is 371 g/mol. The number of nitrogens with zero attached hydrogens (tertiary/aromatic N) is 2. The van der Waals surface area contributed by atoms with Crippen LogP contribution in [0.3, 0.4) is 0 Å². The van der Waals surface area contributed by atoms with Crippen LogP contribution in [0.2, 0.25) is 10.0 Å². The number of ketones is 1. The molecule has 0 bridgehead atoms. The van der Waals surface area contributed by atoms with Crippen molar-refractivity contribution in [3.8, 4) is 11.4 Å². The second-order valence-electron chi connectivity index (χ2n) is 4.58. The Balaban J connectivity index is 1.67. The highest BCUT2D eigenvalue weighted by molar-refractivity contribution is 8.01. The Kier molecular flexibility index (Phi) is 5.33. The molecular formula is C16H10Cl2N2OS2. The van der Waals surface area contributed by atoms with E-state index in [9.17, 15) is 4.79 Å². The number of hydrogen-bond donors (Lipinski definition) is 0. The van der Waals surface area contributed by atoms with E-state index in [1.54, 1.807) is 30.3 Å². The van der Waals surface area contributed by atoms with Gasteiger partial charge in [-0.15, -0.1) is 0 Å². The first-order chi connectivity index (χ1) is 11.1. The lowest BCUT2D eigenvalue weighted by Crippen LogP contribution is -2.01. The molecule has 23 heavy (non-hydrogen) atoms. The fourth-order valence-corrected chi connectivity index (χ4v) is 3.72. The number of carbonyl (C=O) groups excluding carboxylic acids is 1. The minimum atomic E-state index is 0.0289. The van der Waals surface area contributed by atoms with Gasteiger partial charge in [0.25, 0.3) is 0 Å². The minimum absolute atomic E-state index is 0.0289. The summed E-state index contributed by atoms with van der Waals surface area (Å²) in [6.07, 6.45) is 0. The van der Waals surface area contributed by atoms with Gasteiger partial charge < -0.3 is 0 Å². The molecule has 0 spiro atoms. The third-order valence-corrected chi connectivity index (χ3v) is 5.43. The summed E-state index contributed by atoms with van der Waals surface area (Å²) in [6.45, 7) is 0. The Labute approximate surface area is 151 Å². The Morgan fingerprint density at radius 1 is 1.09 bits per heavy atom. The number of thioether (sulfide) groups is 1. The second-order valence-corrected chi connectivity index (χ2v) is 7.40. The molecule has 7 heteroatoms. The molecule has 3 nitrogen and oxygen atoms in total. The summed E-state index contributed by atoms with van der Waals surface area (Å²) in [5.74, 6) is 0.918. The Morgan fingerprint density at radius 3 is 2.57 bits per heavy atom. The van der Waals surface area contributed by atoms with E-state index >= 15 is 0 Å². The molecule has 116 valence electrons. The molecule has 0 aliphatic heterocycles. The summed E-state index contributed by atoms with van der Waals surface area (Å²) >= 11 is 14.6. The Hall–Kier alpha value is -1.40. The average molecular weight is 381 g/mol. The largest absolute Gasteiger partial charge is 0.293 e. The van der Waals surface area contributed by atoms with Crippen LogP contribution >= 0.6 is 46.5 Å². The topological polar surface area (TPSA) is 42.9 Å². The van der Waals surface area contributed by atoms with Crippen LogP contribution in [-0.2, 0) is 0 Å². The average Bonchev–Trinajstić information content (AvgIpc) is 3.02. The normalized spacial score (nSPS) is 10.7. The van der Waals surface area contributed by atoms with Crippen LogP contribution in [0.5, 0.6) is 0 Å². The highest BCUT2D eigenvalue weighted by atomic mass is 35.5. The quantitative estimate of drug-likeness (QED) is 0.433. The van der Waals surface area contributed by atoms with E-state index in [2.05, 4.69) is 9.36 Å². The molecule has 0 aliphatic rings. The van der Waals surface area contributed by atoms with Gasteiger partial charge in [0.05, 0.1) is 10.8 Å². The fourth-order valence-electron chi connectivity index (χ4n) is 1.87. The monoisotopic (exact) mass is 380 g/mol. The number of hydrogen-bond acceptors (Lipinski definition) is 5. The lowest BCUT2D eigenvalue weighted by molar-refractivity contribution is 0.102. The molecule has 0 unspecified atom stereocenters. The molecule has 0 fully saturated rings. The lowest BCUT2D eigenvalue weighted by Gasteiger charge is -1.99. The first-order valence-corrected chi connectivity index (χ1v) is 9.15. The first-order valence-electron chi connectivity index (χ1n) is 6.63. The van der Waals surface area contributed by atoms with Crippen molar-refractivity contribution in [1.82, 2.24) is 9.36 Å². The van der Waals surface area contributed by atoms with Gasteiger partial charge in [-0.3, -0.25) is 4.79 Å². The van der Waals surface area contributed by atoms with E-state index in [1.165, 1.54) is 23.3 Å². The van der Waals surface area contributed by atoms with Crippen molar-refractivity contribution >= 4 is 52.3 Å². The van der Waals surface area contributed by atoms with E-state index in [4.69, 9.17) is 23.2 Å². The van der Waals surface area contributed by atoms with E-state index in [1.807, 2.05) is 18.2 Å². The first kappa shape index (κ1) is 16.5. The number of benzene rings is 2. The van der Waals surface area contributed by atoms with E-state index < -0.39 is 0 Å². The van der Waals surface area contributed by atoms with Crippen LogP contribution in [0.25, 0.3) is 11.4 Å². The number of halogens is 2. The molecule has 2 aromatic carbocycles. The Morgan fingerprint density at radius 2 is 1.83 bits per heavy atom. The Bertz CT molecular complexity index is 834. The van der Waals surface area contributed by atoms with Gasteiger partial charge >= 0.3 is 0 Å². The zero-order chi connectivity index (χ0) is 16.2. The van der Waals surface area contributed by atoms with Crippen LogP contribution in [0, 0.1) is 0 Å². The molecule has 1 aromatic heterocycles. The van der Waals surface area contributed by atoms with Crippen LogP contribution in [0.15, 0.2) is 52.9 Å². The third-order valence-electron chi connectivity index (χ3n) is 3.02. The summed E-state index contributed by atoms with van der Waals surface area (Å²) in [5.41, 5.74) is 1.43. The maximum Gasteiger partial charge on any atom is 0.175 e. The van der Waals surface area contributed by atoms with Gasteiger partial charge in [-0.1, -0.05) is 47.1 Å². The molecule has 0 N–H and O–H groups in total. The maximum atomic E-state index is 12.1. The number of rotatable bonds is 5. The third kappa shape index (κ3) is 4.12. The van der Waals surface area contributed by atoms with Crippen molar-refractivity contribution in [3.05, 3.63) is 64.1 Å². The minimum Gasteiger partial charge on any atom is -0.293 e. The predicted octanol–water partition coefficient (Wildman–Crippen LogP) is 5.49. The van der Waals surface area contributed by atoms with E-state index in [-0.39, 0.29) is 5.78 Å². The van der Waals surface area contributed by atoms with Gasteiger partial charge in [-0.2, -0.15) is 4.37 Å². The molecule has 0 atom stereocenters. The molecule has 3 rings (SSSR count). The maximum absolute atomic E-state index is 12.1. The van der Waals surface area contributed by atoms with Crippen molar-refractivity contribution in [3.63, 3.8) is 0 Å². The van der Waals surface area contributed by atoms with Gasteiger partial charge in [0, 0.05) is 16.1 Å². The van der Waals surface area contributed by atoms with Crippen LogP contribution in [0.4, 0.5) is 0 Å². The number of aromatic nitrogens is 2. The number of carbonyl (C=O) groups is 1. The molecule has 0 saturated heterocycles. The summed E-state index contributed by atoms with van der Waals surface area (Å²) in [5, 5.41) is 1.22. The summed E-state index contributed by atoms with van der Waals surface area (Å²) in [6, 6.07) is 14.3. The molecule has 0 aliphatic carbocycles. The highest BCUT2D eigenvalue weighted by Gasteiger charge is 2.12. The molecule has 3 aromatic rings. The van der Waals surface area contributed by atoms with Crippen molar-refractivity contribution in [2.24, 2.45) is 0 Å². The molecule has 1 heterocycles. The fraction of sp³-hybridized carbons (Fsp3) is 0.0625. The lowest BCUT2D eigenvalue weighted by atomic mass is 10.1. The van der Waals surface area contributed by atoms with Gasteiger partial charge in [-0.25, -0.2) is 4.98 Å².